The summed E-state index contributed by atoms with van der Waals surface area (Å²) in [6, 6.07) is 14.9. The maximum Gasteiger partial charge on any atom is 0.300 e. The van der Waals surface area contributed by atoms with Crippen molar-refractivity contribution < 1.29 is 28.6 Å². The minimum Gasteiger partial charge on any atom is -0.507 e. The lowest BCUT2D eigenvalue weighted by Crippen LogP contribution is -2.29. The van der Waals surface area contributed by atoms with Crippen LogP contribution in [0.5, 0.6) is 11.5 Å². The molecule has 1 aliphatic heterocycles. The van der Waals surface area contributed by atoms with Gasteiger partial charge in [-0.05, 0) is 86.0 Å². The van der Waals surface area contributed by atoms with Gasteiger partial charge in [0.2, 0.25) is 0 Å². The molecule has 1 saturated heterocycles. The SMILES string of the molecule is CCOc1cc(C2/C(=C(/O)c3ccc(F)cc3)C(=O)C(=O)N2c2cc(C)cc(C)c2)ccc1OC. The van der Waals surface area contributed by atoms with Crippen LogP contribution in [-0.2, 0) is 9.59 Å². The maximum absolute atomic E-state index is 13.5. The predicted molar refractivity (Wildman–Crippen MR) is 131 cm³/mol. The van der Waals surface area contributed by atoms with E-state index in [1.165, 1.54) is 36.3 Å². The Bertz CT molecular complexity index is 1310. The number of carbonyl (C=O) groups is 2. The lowest BCUT2D eigenvalue weighted by molar-refractivity contribution is -0.132. The number of methoxy groups -OCH3 is 1. The van der Waals surface area contributed by atoms with E-state index in [0.717, 1.165) is 11.1 Å². The molecule has 0 radical (unpaired) electrons. The van der Waals surface area contributed by atoms with Gasteiger partial charge in [-0.1, -0.05) is 12.1 Å². The van der Waals surface area contributed by atoms with Crippen LogP contribution in [0.4, 0.5) is 10.1 Å². The zero-order valence-corrected chi connectivity index (χ0v) is 20.0. The van der Waals surface area contributed by atoms with Crippen molar-refractivity contribution in [3.05, 3.63) is 94.3 Å². The number of anilines is 1. The highest BCUT2D eigenvalue weighted by atomic mass is 19.1. The topological polar surface area (TPSA) is 76.1 Å². The third-order valence-corrected chi connectivity index (χ3v) is 5.85. The normalized spacial score (nSPS) is 17.1. The van der Waals surface area contributed by atoms with Gasteiger partial charge in [0.15, 0.2) is 11.5 Å². The van der Waals surface area contributed by atoms with Crippen molar-refractivity contribution in [3.8, 4) is 11.5 Å². The summed E-state index contributed by atoms with van der Waals surface area (Å²) in [5.41, 5.74) is 3.06. The summed E-state index contributed by atoms with van der Waals surface area (Å²) in [4.78, 5) is 28.1. The van der Waals surface area contributed by atoms with Crippen LogP contribution in [0.1, 0.15) is 35.2 Å². The van der Waals surface area contributed by atoms with Crippen LogP contribution in [0.3, 0.4) is 0 Å². The van der Waals surface area contributed by atoms with Gasteiger partial charge < -0.3 is 14.6 Å². The number of rotatable bonds is 6. The van der Waals surface area contributed by atoms with E-state index < -0.39 is 23.5 Å². The fraction of sp³-hybridized carbons (Fsp3) is 0.214. The molecule has 7 heteroatoms. The Morgan fingerprint density at radius 1 is 0.971 bits per heavy atom. The molecule has 4 rings (SSSR count). The monoisotopic (exact) mass is 475 g/mol. The molecule has 0 spiro atoms. The minimum atomic E-state index is -0.939. The van der Waals surface area contributed by atoms with Crippen LogP contribution in [0.2, 0.25) is 0 Å². The van der Waals surface area contributed by atoms with Gasteiger partial charge in [-0.25, -0.2) is 4.39 Å². The number of ether oxygens (including phenoxy) is 2. The number of nitrogens with zero attached hydrogens (tertiary/aromatic N) is 1. The van der Waals surface area contributed by atoms with Crippen LogP contribution in [0.25, 0.3) is 5.76 Å². The van der Waals surface area contributed by atoms with E-state index in [0.29, 0.717) is 29.4 Å². The van der Waals surface area contributed by atoms with E-state index in [9.17, 15) is 19.1 Å². The van der Waals surface area contributed by atoms with Crippen molar-refractivity contribution in [3.63, 3.8) is 0 Å². The van der Waals surface area contributed by atoms with Gasteiger partial charge in [0, 0.05) is 11.3 Å². The molecule has 0 saturated carbocycles. The highest BCUT2D eigenvalue weighted by Crippen LogP contribution is 2.44. The van der Waals surface area contributed by atoms with Crippen molar-refractivity contribution >= 4 is 23.1 Å². The van der Waals surface area contributed by atoms with Crippen molar-refractivity contribution in [2.45, 2.75) is 26.8 Å². The first-order valence-corrected chi connectivity index (χ1v) is 11.2. The van der Waals surface area contributed by atoms with Crippen LogP contribution in [0, 0.1) is 19.7 Å². The molecule has 1 heterocycles. The molecular formula is C28H26FNO5. The van der Waals surface area contributed by atoms with Gasteiger partial charge in [0.1, 0.15) is 11.6 Å². The molecule has 1 atom stereocenters. The lowest BCUT2D eigenvalue weighted by atomic mass is 9.94. The zero-order chi connectivity index (χ0) is 25.3. The molecule has 3 aromatic rings. The van der Waals surface area contributed by atoms with Crippen molar-refractivity contribution in [2.24, 2.45) is 0 Å². The third-order valence-electron chi connectivity index (χ3n) is 5.85. The van der Waals surface area contributed by atoms with E-state index in [1.807, 2.05) is 39.0 Å². The summed E-state index contributed by atoms with van der Waals surface area (Å²) in [5.74, 6) is -1.51. The van der Waals surface area contributed by atoms with Crippen LogP contribution < -0.4 is 14.4 Å². The van der Waals surface area contributed by atoms with Gasteiger partial charge in [-0.2, -0.15) is 0 Å². The number of ketones is 1. The first-order chi connectivity index (χ1) is 16.7. The largest absolute Gasteiger partial charge is 0.507 e. The molecular weight excluding hydrogens is 449 g/mol. The van der Waals surface area contributed by atoms with E-state index in [2.05, 4.69) is 0 Å². The fourth-order valence-electron chi connectivity index (χ4n) is 4.40. The average Bonchev–Trinajstić information content (AvgIpc) is 3.09. The summed E-state index contributed by atoms with van der Waals surface area (Å²) in [5, 5.41) is 11.2. The number of Topliss-reactive ketones (excluding diaryl/α,β-unsaturated/α-hetero) is 1. The van der Waals surface area contributed by atoms with Gasteiger partial charge in [0.25, 0.3) is 11.7 Å². The number of hydrogen-bond acceptors (Lipinski definition) is 5. The van der Waals surface area contributed by atoms with Gasteiger partial charge >= 0.3 is 0 Å². The summed E-state index contributed by atoms with van der Waals surface area (Å²) < 4.78 is 24.6. The Labute approximate surface area is 203 Å². The average molecular weight is 476 g/mol. The Balaban J connectivity index is 1.98. The number of halogens is 1. The molecule has 1 fully saturated rings. The molecule has 3 aromatic carbocycles. The molecule has 180 valence electrons. The molecule has 0 aliphatic carbocycles. The summed E-state index contributed by atoms with van der Waals surface area (Å²) >= 11 is 0. The first-order valence-electron chi connectivity index (χ1n) is 11.2. The molecule has 1 amide bonds. The maximum atomic E-state index is 13.5. The molecule has 1 unspecified atom stereocenters. The molecule has 0 aromatic heterocycles. The quantitative estimate of drug-likeness (QED) is 0.290. The van der Waals surface area contributed by atoms with Gasteiger partial charge in [-0.3, -0.25) is 14.5 Å². The number of aliphatic hydroxyl groups is 1. The number of aryl methyl sites for hydroxylation is 2. The van der Waals surface area contributed by atoms with Crippen molar-refractivity contribution in [2.75, 3.05) is 18.6 Å². The second-order valence-electron chi connectivity index (χ2n) is 8.37. The summed E-state index contributed by atoms with van der Waals surface area (Å²) in [6.07, 6.45) is 0. The van der Waals surface area contributed by atoms with E-state index in [1.54, 1.807) is 18.2 Å². The van der Waals surface area contributed by atoms with Crippen molar-refractivity contribution in [1.82, 2.24) is 0 Å². The van der Waals surface area contributed by atoms with Gasteiger partial charge in [0.05, 0.1) is 25.3 Å². The second-order valence-corrected chi connectivity index (χ2v) is 8.37. The van der Waals surface area contributed by atoms with Crippen LogP contribution in [-0.4, -0.2) is 30.5 Å². The molecule has 35 heavy (non-hydrogen) atoms. The van der Waals surface area contributed by atoms with Crippen molar-refractivity contribution in [1.29, 1.82) is 0 Å². The highest BCUT2D eigenvalue weighted by Gasteiger charge is 2.47. The Morgan fingerprint density at radius 2 is 1.63 bits per heavy atom. The molecule has 1 aliphatic rings. The van der Waals surface area contributed by atoms with E-state index >= 15 is 0 Å². The lowest BCUT2D eigenvalue weighted by Gasteiger charge is -2.26. The Kier molecular flexibility index (Phi) is 6.60. The van der Waals surface area contributed by atoms with E-state index in [-0.39, 0.29) is 16.9 Å². The van der Waals surface area contributed by atoms with Crippen LogP contribution in [0.15, 0.2) is 66.2 Å². The number of aliphatic hydroxyl groups excluding tert-OH is 1. The fourth-order valence-corrected chi connectivity index (χ4v) is 4.40. The molecule has 6 nitrogen and oxygen atoms in total. The predicted octanol–water partition coefficient (Wildman–Crippen LogP) is 5.48. The number of benzene rings is 3. The van der Waals surface area contributed by atoms with Crippen LogP contribution >= 0.6 is 0 Å². The second kappa shape index (κ2) is 9.62. The third kappa shape index (κ3) is 4.49. The summed E-state index contributed by atoms with van der Waals surface area (Å²) in [6.45, 7) is 6.03. The molecule has 1 N–H and O–H groups in total. The molecule has 0 bridgehead atoms. The Morgan fingerprint density at radius 3 is 2.23 bits per heavy atom. The number of hydrogen-bond donors (Lipinski definition) is 1. The smallest absolute Gasteiger partial charge is 0.300 e. The standard InChI is InChI=1S/C28H26FNO5/c1-5-35-23-15-19(8-11-22(23)34-4)25-24(26(31)18-6-9-20(29)10-7-18)27(32)28(33)30(25)21-13-16(2)12-17(3)14-21/h6-15,25,31H,5H2,1-4H3/b26-24-. The van der Waals surface area contributed by atoms with E-state index in [4.69, 9.17) is 9.47 Å². The highest BCUT2D eigenvalue weighted by molar-refractivity contribution is 6.51. The number of carbonyl (C=O) groups excluding carboxylic acids is 2. The minimum absolute atomic E-state index is 0.0895. The Hall–Kier alpha value is -4.13. The zero-order valence-electron chi connectivity index (χ0n) is 20.0. The summed E-state index contributed by atoms with van der Waals surface area (Å²) in [7, 11) is 1.52. The first kappa shape index (κ1) is 24.0. The number of amides is 1. The van der Waals surface area contributed by atoms with Gasteiger partial charge in [-0.15, -0.1) is 0 Å².